The third-order valence-electron chi connectivity index (χ3n) is 3.88. The number of aryl methyl sites for hydroxylation is 1. The van der Waals surface area contributed by atoms with Crippen LogP contribution in [0.5, 0.6) is 5.75 Å². The van der Waals surface area contributed by atoms with Gasteiger partial charge in [0.15, 0.2) is 5.13 Å². The van der Waals surface area contributed by atoms with Crippen molar-refractivity contribution in [1.82, 2.24) is 4.98 Å². The molecule has 1 amide bonds. The molecule has 3 aromatic rings. The minimum atomic E-state index is -0.290. The van der Waals surface area contributed by atoms with E-state index in [1.165, 1.54) is 11.3 Å². The second-order valence-corrected chi connectivity index (χ2v) is 7.16. The van der Waals surface area contributed by atoms with Gasteiger partial charge in [0.1, 0.15) is 5.75 Å². The summed E-state index contributed by atoms with van der Waals surface area (Å²) in [6, 6.07) is 12.9. The molecule has 0 bridgehead atoms. The highest BCUT2D eigenvalue weighted by atomic mass is 35.5. The number of ether oxygens (including phenoxy) is 1. The molecule has 0 atom stereocenters. The van der Waals surface area contributed by atoms with Crippen molar-refractivity contribution in [2.24, 2.45) is 0 Å². The van der Waals surface area contributed by atoms with Crippen LogP contribution < -0.4 is 15.4 Å². The van der Waals surface area contributed by atoms with Crippen LogP contribution in [0.3, 0.4) is 0 Å². The third kappa shape index (κ3) is 3.81. The second-order valence-electron chi connectivity index (χ2n) is 5.55. The van der Waals surface area contributed by atoms with Crippen molar-refractivity contribution in [3.63, 3.8) is 0 Å². The lowest BCUT2D eigenvalue weighted by Crippen LogP contribution is -2.12. The number of aromatic nitrogens is 1. The first-order valence-corrected chi connectivity index (χ1v) is 9.11. The normalized spacial score (nSPS) is 10.5. The number of carbonyl (C=O) groups is 1. The van der Waals surface area contributed by atoms with Gasteiger partial charge in [-0.1, -0.05) is 11.6 Å². The number of carbonyl (C=O) groups excluding carboxylic acids is 1. The van der Waals surface area contributed by atoms with Crippen molar-refractivity contribution < 1.29 is 9.53 Å². The number of thiazole rings is 1. The summed E-state index contributed by atoms with van der Waals surface area (Å²) < 4.78 is 5.18. The lowest BCUT2D eigenvalue weighted by Gasteiger charge is -2.07. The largest absolute Gasteiger partial charge is 0.497 e. The molecule has 2 N–H and O–H groups in total. The predicted molar refractivity (Wildman–Crippen MR) is 108 cm³/mol. The van der Waals surface area contributed by atoms with Crippen LogP contribution in [-0.2, 0) is 0 Å². The first-order chi connectivity index (χ1) is 12.5. The topological polar surface area (TPSA) is 63.2 Å². The number of benzene rings is 2. The van der Waals surface area contributed by atoms with Gasteiger partial charge in [-0.3, -0.25) is 10.1 Å². The van der Waals surface area contributed by atoms with Crippen LogP contribution in [-0.4, -0.2) is 25.0 Å². The van der Waals surface area contributed by atoms with Gasteiger partial charge in [-0.05, 0) is 49.4 Å². The number of methoxy groups -OCH3 is 1. The number of anilines is 2. The van der Waals surface area contributed by atoms with Crippen LogP contribution in [0.25, 0.3) is 11.3 Å². The summed E-state index contributed by atoms with van der Waals surface area (Å²) in [5.41, 5.74) is 3.02. The fourth-order valence-electron chi connectivity index (χ4n) is 2.49. The van der Waals surface area contributed by atoms with Crippen LogP contribution >= 0.6 is 22.9 Å². The van der Waals surface area contributed by atoms with Crippen LogP contribution in [0.4, 0.5) is 10.8 Å². The van der Waals surface area contributed by atoms with E-state index in [-0.39, 0.29) is 5.91 Å². The van der Waals surface area contributed by atoms with Gasteiger partial charge in [-0.25, -0.2) is 4.98 Å². The number of nitrogens with one attached hydrogen (secondary N) is 2. The quantitative estimate of drug-likeness (QED) is 0.641. The molecule has 1 heterocycles. The van der Waals surface area contributed by atoms with Crippen molar-refractivity contribution in [3.8, 4) is 17.0 Å². The highest BCUT2D eigenvalue weighted by Crippen LogP contribution is 2.32. The van der Waals surface area contributed by atoms with E-state index >= 15 is 0 Å². The number of hydrogen-bond donors (Lipinski definition) is 2. The fourth-order valence-corrected chi connectivity index (χ4v) is 3.52. The van der Waals surface area contributed by atoms with Crippen LogP contribution in [0.2, 0.25) is 5.02 Å². The molecule has 0 saturated carbocycles. The molecule has 26 heavy (non-hydrogen) atoms. The molecule has 5 nitrogen and oxygen atoms in total. The van der Waals surface area contributed by atoms with Crippen molar-refractivity contribution in [2.45, 2.75) is 6.92 Å². The standard InChI is InChI=1S/C19H18ClN3O2S/c1-11-17(12-4-7-14(25-3)8-5-12)22-19(26-11)23-18(24)15-10-13(21-2)6-9-16(15)20/h4-10,21H,1-3H3,(H,22,23,24). The Labute approximate surface area is 161 Å². The Morgan fingerprint density at radius 1 is 1.19 bits per heavy atom. The summed E-state index contributed by atoms with van der Waals surface area (Å²) in [6.45, 7) is 1.97. The lowest BCUT2D eigenvalue weighted by molar-refractivity contribution is 0.102. The number of rotatable bonds is 5. The molecule has 134 valence electrons. The number of amides is 1. The average Bonchev–Trinajstić information content (AvgIpc) is 3.02. The van der Waals surface area contributed by atoms with Gasteiger partial charge in [0.25, 0.3) is 5.91 Å². The molecule has 3 rings (SSSR count). The summed E-state index contributed by atoms with van der Waals surface area (Å²) in [5.74, 6) is 0.497. The lowest BCUT2D eigenvalue weighted by atomic mass is 10.1. The highest BCUT2D eigenvalue weighted by molar-refractivity contribution is 7.16. The van der Waals surface area contributed by atoms with Gasteiger partial charge in [-0.15, -0.1) is 11.3 Å². The molecule has 2 aromatic carbocycles. The number of halogens is 1. The molecule has 0 aliphatic rings. The van der Waals surface area contributed by atoms with Crippen LogP contribution in [0.1, 0.15) is 15.2 Å². The Hall–Kier alpha value is -2.57. The zero-order chi connectivity index (χ0) is 18.7. The maximum atomic E-state index is 12.6. The summed E-state index contributed by atoms with van der Waals surface area (Å²) in [7, 11) is 3.42. The summed E-state index contributed by atoms with van der Waals surface area (Å²) >= 11 is 7.58. The van der Waals surface area contributed by atoms with E-state index in [2.05, 4.69) is 15.6 Å². The van der Waals surface area contributed by atoms with Crippen molar-refractivity contribution in [3.05, 3.63) is 57.9 Å². The molecular weight excluding hydrogens is 370 g/mol. The first-order valence-electron chi connectivity index (χ1n) is 7.92. The summed E-state index contributed by atoms with van der Waals surface area (Å²) in [5, 5.41) is 6.76. The van der Waals surface area contributed by atoms with Crippen molar-refractivity contribution >= 4 is 39.7 Å². The number of hydrogen-bond acceptors (Lipinski definition) is 5. The maximum absolute atomic E-state index is 12.6. The van der Waals surface area contributed by atoms with Gasteiger partial charge in [0.2, 0.25) is 0 Å². The third-order valence-corrected chi connectivity index (χ3v) is 5.10. The Morgan fingerprint density at radius 3 is 2.58 bits per heavy atom. The maximum Gasteiger partial charge on any atom is 0.259 e. The molecule has 0 unspecified atom stereocenters. The zero-order valence-corrected chi connectivity index (χ0v) is 16.2. The van der Waals surface area contributed by atoms with Gasteiger partial charge in [-0.2, -0.15) is 0 Å². The van der Waals surface area contributed by atoms with Crippen molar-refractivity contribution in [2.75, 3.05) is 24.8 Å². The van der Waals surface area contributed by atoms with Gasteiger partial charge < -0.3 is 10.1 Å². The van der Waals surface area contributed by atoms with Gasteiger partial charge in [0.05, 0.1) is 23.4 Å². The van der Waals surface area contributed by atoms with E-state index in [9.17, 15) is 4.79 Å². The SMILES string of the molecule is CNc1ccc(Cl)c(C(=O)Nc2nc(-c3ccc(OC)cc3)c(C)s2)c1. The van der Waals surface area contributed by atoms with E-state index < -0.39 is 0 Å². The first kappa shape index (κ1) is 18.2. The van der Waals surface area contributed by atoms with E-state index in [1.54, 1.807) is 26.3 Å². The molecule has 1 aromatic heterocycles. The number of nitrogens with zero attached hydrogens (tertiary/aromatic N) is 1. The molecule has 7 heteroatoms. The zero-order valence-electron chi connectivity index (χ0n) is 14.6. The molecule has 0 aliphatic carbocycles. The van der Waals surface area contributed by atoms with Crippen molar-refractivity contribution in [1.29, 1.82) is 0 Å². The molecule has 0 radical (unpaired) electrons. The van der Waals surface area contributed by atoms with E-state index in [1.807, 2.05) is 37.3 Å². The smallest absolute Gasteiger partial charge is 0.259 e. The molecular formula is C19H18ClN3O2S. The van der Waals surface area contributed by atoms with Gasteiger partial charge in [0, 0.05) is 23.2 Å². The Bertz CT molecular complexity index is 938. The monoisotopic (exact) mass is 387 g/mol. The van der Waals surface area contributed by atoms with Gasteiger partial charge >= 0.3 is 0 Å². The van der Waals surface area contributed by atoms with E-state index in [0.717, 1.165) is 27.6 Å². The Morgan fingerprint density at radius 2 is 1.92 bits per heavy atom. The highest BCUT2D eigenvalue weighted by Gasteiger charge is 2.15. The predicted octanol–water partition coefficient (Wildman–Crippen LogP) is 5.07. The summed E-state index contributed by atoms with van der Waals surface area (Å²) in [4.78, 5) is 18.1. The average molecular weight is 388 g/mol. The van der Waals surface area contributed by atoms with E-state index in [4.69, 9.17) is 16.3 Å². The Kier molecular flexibility index (Phi) is 5.44. The fraction of sp³-hybridized carbons (Fsp3) is 0.158. The molecule has 0 aliphatic heterocycles. The Balaban J connectivity index is 1.84. The van der Waals surface area contributed by atoms with Crippen LogP contribution in [0.15, 0.2) is 42.5 Å². The van der Waals surface area contributed by atoms with Crippen LogP contribution in [0, 0.1) is 6.92 Å². The second kappa shape index (κ2) is 7.76. The van der Waals surface area contributed by atoms with E-state index in [0.29, 0.717) is 15.7 Å². The molecule has 0 saturated heterocycles. The summed E-state index contributed by atoms with van der Waals surface area (Å²) in [6.07, 6.45) is 0. The minimum Gasteiger partial charge on any atom is -0.497 e. The molecule has 0 spiro atoms. The molecule has 0 fully saturated rings. The minimum absolute atomic E-state index is 0.290.